The lowest BCUT2D eigenvalue weighted by atomic mass is 10.1. The summed E-state index contributed by atoms with van der Waals surface area (Å²) >= 11 is 0. The molecule has 0 fully saturated rings. The third kappa shape index (κ3) is 5.50. The molecule has 1 aromatic heterocycles. The highest BCUT2D eigenvalue weighted by molar-refractivity contribution is 5.94. The lowest BCUT2D eigenvalue weighted by molar-refractivity contribution is 0.0930. The van der Waals surface area contributed by atoms with E-state index in [0.29, 0.717) is 5.69 Å². The Kier molecular flexibility index (Phi) is 6.89. The number of rotatable bonds is 8. The van der Waals surface area contributed by atoms with E-state index >= 15 is 0 Å². The van der Waals surface area contributed by atoms with E-state index < -0.39 is 0 Å². The molecule has 0 aliphatic heterocycles. The van der Waals surface area contributed by atoms with Gasteiger partial charge in [-0.15, -0.1) is 0 Å². The van der Waals surface area contributed by atoms with E-state index in [0.717, 1.165) is 41.1 Å². The molecule has 1 atom stereocenters. The summed E-state index contributed by atoms with van der Waals surface area (Å²) in [4.78, 5) is 13.3. The zero-order valence-electron chi connectivity index (χ0n) is 19.3. The van der Waals surface area contributed by atoms with Gasteiger partial charge in [0.05, 0.1) is 18.5 Å². The monoisotopic (exact) mass is 439 g/mol. The first-order chi connectivity index (χ1) is 16.0. The van der Waals surface area contributed by atoms with Gasteiger partial charge < -0.3 is 10.1 Å². The molecule has 0 saturated heterocycles. The molecule has 1 heterocycles. The van der Waals surface area contributed by atoms with Gasteiger partial charge in [-0.3, -0.25) is 4.79 Å². The lowest BCUT2D eigenvalue weighted by Crippen LogP contribution is -2.34. The van der Waals surface area contributed by atoms with Crippen molar-refractivity contribution >= 4 is 5.91 Å². The molecule has 4 aromatic rings. The first-order valence-corrected chi connectivity index (χ1v) is 11.2. The van der Waals surface area contributed by atoms with Crippen molar-refractivity contribution in [3.8, 4) is 22.7 Å². The molecular formula is C28H29N3O2. The van der Waals surface area contributed by atoms with Crippen molar-refractivity contribution < 1.29 is 9.53 Å². The van der Waals surface area contributed by atoms with Crippen molar-refractivity contribution in [1.82, 2.24) is 15.1 Å². The standard InChI is InChI=1S/C28H29N3O2/c1-20-12-16-24(17-13-20)31-27(19-26(30-31)23-10-7-11-25(18-23)33-3)28(32)29-21(2)14-15-22-8-5-4-6-9-22/h4-13,16-19,21H,14-15H2,1-3H3,(H,29,32). The summed E-state index contributed by atoms with van der Waals surface area (Å²) in [5.41, 5.74) is 5.38. The van der Waals surface area contributed by atoms with Gasteiger partial charge in [0.2, 0.25) is 0 Å². The van der Waals surface area contributed by atoms with Crippen LogP contribution in [0.1, 0.15) is 35.0 Å². The van der Waals surface area contributed by atoms with Gasteiger partial charge in [-0.25, -0.2) is 4.68 Å². The fourth-order valence-corrected chi connectivity index (χ4v) is 3.75. The highest BCUT2D eigenvalue weighted by atomic mass is 16.5. The summed E-state index contributed by atoms with van der Waals surface area (Å²) in [6.07, 6.45) is 1.77. The SMILES string of the molecule is COc1cccc(-c2cc(C(=O)NC(C)CCc3ccccc3)n(-c3ccc(C)cc3)n2)c1. The van der Waals surface area contributed by atoms with E-state index in [1.54, 1.807) is 11.8 Å². The van der Waals surface area contributed by atoms with Crippen LogP contribution in [-0.4, -0.2) is 28.8 Å². The Morgan fingerprint density at radius 3 is 2.48 bits per heavy atom. The maximum Gasteiger partial charge on any atom is 0.270 e. The Hall–Kier alpha value is -3.86. The Balaban J connectivity index is 1.60. The molecule has 1 unspecified atom stereocenters. The third-order valence-corrected chi connectivity index (χ3v) is 5.67. The number of aryl methyl sites for hydroxylation is 2. The van der Waals surface area contributed by atoms with Crippen molar-refractivity contribution in [1.29, 1.82) is 0 Å². The number of carbonyl (C=O) groups is 1. The minimum absolute atomic E-state index is 0.0272. The van der Waals surface area contributed by atoms with Crippen molar-refractivity contribution in [3.05, 3.63) is 102 Å². The summed E-state index contributed by atoms with van der Waals surface area (Å²) in [7, 11) is 1.64. The first kappa shape index (κ1) is 22.3. The number of methoxy groups -OCH3 is 1. The fraction of sp³-hybridized carbons (Fsp3) is 0.214. The van der Waals surface area contributed by atoms with Crippen molar-refractivity contribution in [2.24, 2.45) is 0 Å². The average Bonchev–Trinajstić information content (AvgIpc) is 3.30. The zero-order valence-corrected chi connectivity index (χ0v) is 19.3. The predicted octanol–water partition coefficient (Wildman–Crippen LogP) is 5.61. The molecule has 5 nitrogen and oxygen atoms in total. The number of carbonyl (C=O) groups excluding carboxylic acids is 1. The Morgan fingerprint density at radius 1 is 1.00 bits per heavy atom. The molecule has 168 valence electrons. The van der Waals surface area contributed by atoms with Crippen LogP contribution in [0.15, 0.2) is 84.9 Å². The van der Waals surface area contributed by atoms with Crippen molar-refractivity contribution in [2.75, 3.05) is 7.11 Å². The topological polar surface area (TPSA) is 56.1 Å². The molecule has 1 amide bonds. The van der Waals surface area contributed by atoms with Crippen LogP contribution in [0.4, 0.5) is 0 Å². The maximum absolute atomic E-state index is 13.3. The van der Waals surface area contributed by atoms with Crippen LogP contribution >= 0.6 is 0 Å². The number of hydrogen-bond acceptors (Lipinski definition) is 3. The minimum atomic E-state index is -0.141. The number of nitrogens with zero attached hydrogens (tertiary/aromatic N) is 2. The van der Waals surface area contributed by atoms with E-state index in [1.807, 2.05) is 86.6 Å². The van der Waals surface area contributed by atoms with Gasteiger partial charge in [0, 0.05) is 11.6 Å². The second-order valence-corrected chi connectivity index (χ2v) is 8.29. The number of nitrogens with one attached hydrogen (secondary N) is 1. The van der Waals surface area contributed by atoms with Gasteiger partial charge >= 0.3 is 0 Å². The van der Waals surface area contributed by atoms with Gasteiger partial charge in [0.25, 0.3) is 5.91 Å². The number of hydrogen-bond donors (Lipinski definition) is 1. The van der Waals surface area contributed by atoms with Crippen LogP contribution in [-0.2, 0) is 6.42 Å². The number of benzene rings is 3. The summed E-state index contributed by atoms with van der Waals surface area (Å²) in [5.74, 6) is 0.607. The smallest absolute Gasteiger partial charge is 0.270 e. The summed E-state index contributed by atoms with van der Waals surface area (Å²) < 4.78 is 7.08. The number of amides is 1. The van der Waals surface area contributed by atoms with Crippen molar-refractivity contribution in [3.63, 3.8) is 0 Å². The zero-order chi connectivity index (χ0) is 23.2. The molecule has 0 radical (unpaired) electrons. The van der Waals surface area contributed by atoms with E-state index in [1.165, 1.54) is 5.56 Å². The van der Waals surface area contributed by atoms with Crippen LogP contribution in [0.25, 0.3) is 16.9 Å². The van der Waals surface area contributed by atoms with Crippen LogP contribution in [0.3, 0.4) is 0 Å². The molecule has 0 aliphatic carbocycles. The highest BCUT2D eigenvalue weighted by Gasteiger charge is 2.19. The molecule has 5 heteroatoms. The molecule has 0 aliphatic rings. The van der Waals surface area contributed by atoms with Gasteiger partial charge in [0.1, 0.15) is 11.4 Å². The lowest BCUT2D eigenvalue weighted by Gasteiger charge is -2.15. The molecular weight excluding hydrogens is 410 g/mol. The van der Waals surface area contributed by atoms with Gasteiger partial charge in [0.15, 0.2) is 0 Å². The van der Waals surface area contributed by atoms with Crippen LogP contribution in [0, 0.1) is 6.92 Å². The Labute approximate surface area is 195 Å². The molecule has 1 N–H and O–H groups in total. The first-order valence-electron chi connectivity index (χ1n) is 11.2. The summed E-state index contributed by atoms with van der Waals surface area (Å²) in [5, 5.41) is 7.93. The molecule has 0 bridgehead atoms. The maximum atomic E-state index is 13.3. The van der Waals surface area contributed by atoms with Gasteiger partial charge in [-0.05, 0) is 62.6 Å². The fourth-order valence-electron chi connectivity index (χ4n) is 3.75. The average molecular weight is 440 g/mol. The second kappa shape index (κ2) is 10.2. The normalized spacial score (nSPS) is 11.7. The van der Waals surface area contributed by atoms with E-state index in [-0.39, 0.29) is 11.9 Å². The summed E-state index contributed by atoms with van der Waals surface area (Å²) in [6.45, 7) is 4.08. The van der Waals surface area contributed by atoms with E-state index in [4.69, 9.17) is 9.84 Å². The predicted molar refractivity (Wildman–Crippen MR) is 132 cm³/mol. The van der Waals surface area contributed by atoms with E-state index in [2.05, 4.69) is 17.4 Å². The van der Waals surface area contributed by atoms with Crippen molar-refractivity contribution in [2.45, 2.75) is 32.7 Å². The molecule has 33 heavy (non-hydrogen) atoms. The molecule has 4 rings (SSSR count). The quantitative estimate of drug-likeness (QED) is 0.388. The molecule has 0 saturated carbocycles. The van der Waals surface area contributed by atoms with Crippen LogP contribution in [0.2, 0.25) is 0 Å². The van der Waals surface area contributed by atoms with Gasteiger partial charge in [-0.1, -0.05) is 60.2 Å². The molecule has 0 spiro atoms. The second-order valence-electron chi connectivity index (χ2n) is 8.29. The number of aromatic nitrogens is 2. The minimum Gasteiger partial charge on any atom is -0.497 e. The largest absolute Gasteiger partial charge is 0.497 e. The third-order valence-electron chi connectivity index (χ3n) is 5.67. The Bertz CT molecular complexity index is 1210. The highest BCUT2D eigenvalue weighted by Crippen LogP contribution is 2.25. The molecule has 3 aromatic carbocycles. The van der Waals surface area contributed by atoms with E-state index in [9.17, 15) is 4.79 Å². The van der Waals surface area contributed by atoms with Crippen LogP contribution < -0.4 is 10.1 Å². The van der Waals surface area contributed by atoms with Gasteiger partial charge in [-0.2, -0.15) is 5.10 Å². The summed E-state index contributed by atoms with van der Waals surface area (Å²) in [6, 6.07) is 27.9. The van der Waals surface area contributed by atoms with Crippen LogP contribution in [0.5, 0.6) is 5.75 Å². The number of ether oxygens (including phenoxy) is 1. The Morgan fingerprint density at radius 2 is 1.76 bits per heavy atom.